The largest absolute Gasteiger partial charge is 0.376 e. The van der Waals surface area contributed by atoms with Gasteiger partial charge in [0.1, 0.15) is 0 Å². The van der Waals surface area contributed by atoms with Gasteiger partial charge in [0, 0.05) is 11.1 Å². The molecule has 1 aliphatic rings. The standard InChI is InChI=1S/C11H11BrO3S/c1-2-15-7-10-5-8-3-4-9(12)6-11(8)16(10,13)14/h3-6H,2,7H2,1H3. The van der Waals surface area contributed by atoms with Crippen molar-refractivity contribution in [3.05, 3.63) is 33.1 Å². The molecule has 1 heterocycles. The lowest BCUT2D eigenvalue weighted by atomic mass is 10.2. The van der Waals surface area contributed by atoms with Gasteiger partial charge >= 0.3 is 0 Å². The van der Waals surface area contributed by atoms with Crippen molar-refractivity contribution in [2.24, 2.45) is 0 Å². The second kappa shape index (κ2) is 4.31. The highest BCUT2D eigenvalue weighted by Crippen LogP contribution is 2.34. The number of benzene rings is 1. The van der Waals surface area contributed by atoms with E-state index in [9.17, 15) is 8.42 Å². The first-order valence-electron chi connectivity index (χ1n) is 4.88. The van der Waals surface area contributed by atoms with E-state index in [4.69, 9.17) is 4.74 Å². The Kier molecular flexibility index (Phi) is 3.19. The number of fused-ring (bicyclic) bond motifs is 1. The van der Waals surface area contributed by atoms with Gasteiger partial charge in [-0.25, -0.2) is 8.42 Å². The first kappa shape index (κ1) is 11.8. The number of hydrogen-bond donors (Lipinski definition) is 0. The maximum Gasteiger partial charge on any atom is 0.205 e. The highest BCUT2D eigenvalue weighted by atomic mass is 79.9. The maximum atomic E-state index is 12.1. The molecule has 0 atom stereocenters. The molecule has 0 amide bonds. The van der Waals surface area contributed by atoms with Crippen LogP contribution in [0.4, 0.5) is 0 Å². The SMILES string of the molecule is CCOCC1=Cc2ccc(Br)cc2S1(=O)=O. The zero-order valence-corrected chi connectivity index (χ0v) is 11.1. The molecule has 1 aromatic carbocycles. The first-order chi connectivity index (χ1) is 7.55. The zero-order chi connectivity index (χ0) is 11.8. The van der Waals surface area contributed by atoms with Crippen LogP contribution in [0.1, 0.15) is 12.5 Å². The van der Waals surface area contributed by atoms with Gasteiger partial charge in [-0.15, -0.1) is 0 Å². The molecular weight excluding hydrogens is 292 g/mol. The summed E-state index contributed by atoms with van der Waals surface area (Å²) in [6.07, 6.45) is 1.67. The summed E-state index contributed by atoms with van der Waals surface area (Å²) in [5.74, 6) is 0. The van der Waals surface area contributed by atoms with Gasteiger partial charge in [-0.2, -0.15) is 0 Å². The van der Waals surface area contributed by atoms with Crippen LogP contribution in [0.3, 0.4) is 0 Å². The third-order valence-corrected chi connectivity index (χ3v) is 4.73. The summed E-state index contributed by atoms with van der Waals surface area (Å²) < 4.78 is 30.1. The molecule has 5 heteroatoms. The van der Waals surface area contributed by atoms with Crippen molar-refractivity contribution in [1.29, 1.82) is 0 Å². The van der Waals surface area contributed by atoms with Crippen molar-refractivity contribution < 1.29 is 13.2 Å². The normalized spacial score (nSPS) is 17.0. The molecule has 0 fully saturated rings. The van der Waals surface area contributed by atoms with Crippen LogP contribution >= 0.6 is 15.9 Å². The maximum absolute atomic E-state index is 12.1. The summed E-state index contributed by atoms with van der Waals surface area (Å²) in [6, 6.07) is 5.24. The van der Waals surface area contributed by atoms with Gasteiger partial charge in [-0.3, -0.25) is 0 Å². The lowest BCUT2D eigenvalue weighted by molar-refractivity contribution is 0.175. The van der Waals surface area contributed by atoms with Crippen LogP contribution in [0.15, 0.2) is 32.5 Å². The van der Waals surface area contributed by atoms with Crippen LogP contribution in [0.2, 0.25) is 0 Å². The molecule has 0 radical (unpaired) electrons. The summed E-state index contributed by atoms with van der Waals surface area (Å²) >= 11 is 3.27. The Balaban J connectivity index is 2.44. The Hall–Kier alpha value is -0.650. The van der Waals surface area contributed by atoms with E-state index in [1.807, 2.05) is 13.0 Å². The van der Waals surface area contributed by atoms with Crippen molar-refractivity contribution in [1.82, 2.24) is 0 Å². The van der Waals surface area contributed by atoms with Crippen LogP contribution in [-0.4, -0.2) is 21.6 Å². The van der Waals surface area contributed by atoms with Gasteiger partial charge in [-0.05, 0) is 30.7 Å². The fraction of sp³-hybridized carbons (Fsp3) is 0.273. The summed E-state index contributed by atoms with van der Waals surface area (Å²) in [4.78, 5) is 0.694. The van der Waals surface area contributed by atoms with Gasteiger partial charge in [0.15, 0.2) is 0 Å². The molecule has 0 aromatic heterocycles. The smallest absolute Gasteiger partial charge is 0.205 e. The van der Waals surface area contributed by atoms with Gasteiger partial charge < -0.3 is 4.74 Å². The topological polar surface area (TPSA) is 43.4 Å². The molecule has 0 spiro atoms. The molecule has 1 aromatic rings. The zero-order valence-electron chi connectivity index (χ0n) is 8.73. The van der Waals surface area contributed by atoms with Gasteiger partial charge in [0.25, 0.3) is 0 Å². The number of rotatable bonds is 3. The van der Waals surface area contributed by atoms with E-state index in [-0.39, 0.29) is 6.61 Å². The van der Waals surface area contributed by atoms with Gasteiger partial charge in [-0.1, -0.05) is 22.0 Å². The summed E-state index contributed by atoms with van der Waals surface area (Å²) in [5, 5.41) is 0. The fourth-order valence-corrected chi connectivity index (χ4v) is 3.61. The van der Waals surface area contributed by atoms with Crippen LogP contribution < -0.4 is 0 Å². The van der Waals surface area contributed by atoms with Crippen molar-refractivity contribution in [3.63, 3.8) is 0 Å². The van der Waals surface area contributed by atoms with Gasteiger partial charge in [0.2, 0.25) is 9.84 Å². The average Bonchev–Trinajstić information content (AvgIpc) is 2.48. The molecule has 16 heavy (non-hydrogen) atoms. The van der Waals surface area contributed by atoms with Gasteiger partial charge in [0.05, 0.1) is 16.4 Å². The number of hydrogen-bond acceptors (Lipinski definition) is 3. The molecular formula is C11H11BrO3S. The average molecular weight is 303 g/mol. The molecule has 0 aliphatic carbocycles. The van der Waals surface area contributed by atoms with Crippen molar-refractivity contribution in [2.75, 3.05) is 13.2 Å². The highest BCUT2D eigenvalue weighted by Gasteiger charge is 2.29. The predicted molar refractivity (Wildman–Crippen MR) is 65.8 cm³/mol. The number of ether oxygens (including phenoxy) is 1. The lowest BCUT2D eigenvalue weighted by Crippen LogP contribution is -2.06. The number of sulfone groups is 1. The summed E-state index contributed by atoms with van der Waals surface area (Å²) in [5.41, 5.74) is 0.734. The van der Waals surface area contributed by atoms with Crippen LogP contribution in [0.5, 0.6) is 0 Å². The van der Waals surface area contributed by atoms with E-state index >= 15 is 0 Å². The molecule has 0 N–H and O–H groups in total. The monoisotopic (exact) mass is 302 g/mol. The number of halogens is 1. The third-order valence-electron chi connectivity index (χ3n) is 2.38. The van der Waals surface area contributed by atoms with E-state index < -0.39 is 9.84 Å². The first-order valence-corrected chi connectivity index (χ1v) is 7.16. The molecule has 0 unspecified atom stereocenters. The van der Waals surface area contributed by atoms with Crippen LogP contribution in [0.25, 0.3) is 6.08 Å². The van der Waals surface area contributed by atoms with E-state index in [1.54, 1.807) is 18.2 Å². The quantitative estimate of drug-likeness (QED) is 0.862. The molecule has 0 saturated carbocycles. The highest BCUT2D eigenvalue weighted by molar-refractivity contribution is 9.10. The molecule has 3 nitrogen and oxygen atoms in total. The van der Waals surface area contributed by atoms with Crippen molar-refractivity contribution in [2.45, 2.75) is 11.8 Å². The van der Waals surface area contributed by atoms with Crippen molar-refractivity contribution in [3.8, 4) is 0 Å². The van der Waals surface area contributed by atoms with E-state index in [0.717, 1.165) is 10.0 Å². The van der Waals surface area contributed by atoms with Crippen molar-refractivity contribution >= 4 is 31.8 Å². The Bertz CT molecular complexity index is 546. The van der Waals surface area contributed by atoms with E-state index in [0.29, 0.717) is 16.4 Å². The summed E-state index contributed by atoms with van der Waals surface area (Å²) in [7, 11) is -3.34. The summed E-state index contributed by atoms with van der Waals surface area (Å²) in [6.45, 7) is 2.49. The van der Waals surface area contributed by atoms with Crippen LogP contribution in [0, 0.1) is 0 Å². The molecule has 1 aliphatic heterocycles. The lowest BCUT2D eigenvalue weighted by Gasteiger charge is -2.03. The van der Waals surface area contributed by atoms with E-state index in [2.05, 4.69) is 15.9 Å². The Morgan fingerprint density at radius 2 is 2.12 bits per heavy atom. The molecule has 0 saturated heterocycles. The minimum absolute atomic E-state index is 0.144. The van der Waals surface area contributed by atoms with E-state index in [1.165, 1.54) is 0 Å². The minimum Gasteiger partial charge on any atom is -0.376 e. The second-order valence-electron chi connectivity index (χ2n) is 3.43. The second-order valence-corrected chi connectivity index (χ2v) is 6.32. The van der Waals surface area contributed by atoms with Crippen LogP contribution in [-0.2, 0) is 14.6 Å². The minimum atomic E-state index is -3.34. The molecule has 0 bridgehead atoms. The predicted octanol–water partition coefficient (Wildman–Crippen LogP) is 2.61. The molecule has 2 rings (SSSR count). The third kappa shape index (κ3) is 1.95. The fourth-order valence-electron chi connectivity index (χ4n) is 1.57. The Morgan fingerprint density at radius 1 is 1.38 bits per heavy atom. The Morgan fingerprint density at radius 3 is 2.81 bits per heavy atom. The Labute approximate surface area is 103 Å². The molecule has 86 valence electrons.